The number of halogens is 2. The third-order valence-electron chi connectivity index (χ3n) is 9.44. The molecule has 0 fully saturated rings. The fraction of sp³-hybridized carbons (Fsp3) is 0.0638. The van der Waals surface area contributed by atoms with Gasteiger partial charge >= 0.3 is 82.5 Å². The molecule has 0 heterocycles. The summed E-state index contributed by atoms with van der Waals surface area (Å²) in [6.45, 7) is 6.52. The van der Waals surface area contributed by atoms with E-state index in [2.05, 4.69) is 178 Å². The van der Waals surface area contributed by atoms with Gasteiger partial charge in [-0.15, -0.1) is 69.1 Å². The Morgan fingerprint density at radius 1 is 0.431 bits per heavy atom. The smallest absolute Gasteiger partial charge is 0.0114 e. The van der Waals surface area contributed by atoms with Crippen LogP contribution in [0.4, 0.5) is 0 Å². The molecule has 0 radical (unpaired) electrons. The minimum atomic E-state index is -1.95. The molecule has 0 aliphatic heterocycles. The Kier molecular flexibility index (Phi) is 11.2. The van der Waals surface area contributed by atoms with Crippen molar-refractivity contribution in [2.45, 2.75) is 20.4 Å². The fourth-order valence-corrected chi connectivity index (χ4v) is 14.6. The maximum atomic E-state index is 5.97. The molecule has 0 nitrogen and oxygen atoms in total. The molecule has 4 heteroatoms. The van der Waals surface area contributed by atoms with Gasteiger partial charge in [-0.25, -0.2) is 0 Å². The van der Waals surface area contributed by atoms with E-state index in [0.717, 1.165) is 0 Å². The predicted octanol–water partition coefficient (Wildman–Crippen LogP) is 13.8. The Labute approximate surface area is 316 Å². The summed E-state index contributed by atoms with van der Waals surface area (Å²) < 4.78 is 0. The van der Waals surface area contributed by atoms with Crippen molar-refractivity contribution >= 4 is 70.7 Å². The van der Waals surface area contributed by atoms with Gasteiger partial charge in [0.25, 0.3) is 0 Å². The van der Waals surface area contributed by atoms with Gasteiger partial charge in [-0.3, -0.25) is 0 Å². The van der Waals surface area contributed by atoms with Crippen LogP contribution in [-0.4, -0.2) is 5.43 Å². The van der Waals surface area contributed by atoms with Crippen molar-refractivity contribution in [3.63, 3.8) is 0 Å². The van der Waals surface area contributed by atoms with E-state index in [0.29, 0.717) is 0 Å². The van der Waals surface area contributed by atoms with Gasteiger partial charge in [0.1, 0.15) is 0 Å². The number of fused-ring (bicyclic) bond motifs is 4. The Morgan fingerprint density at radius 2 is 0.804 bits per heavy atom. The second-order valence-corrected chi connectivity index (χ2v) is 34.0. The molecule has 0 saturated heterocycles. The molecule has 0 N–H and O–H groups in total. The normalized spacial score (nSPS) is 10.8. The van der Waals surface area contributed by atoms with Crippen molar-refractivity contribution in [2.24, 2.45) is 0 Å². The van der Waals surface area contributed by atoms with Crippen LogP contribution in [0.25, 0.3) is 65.3 Å². The Bertz CT molecular complexity index is 2480. The second kappa shape index (κ2) is 16.1. The van der Waals surface area contributed by atoms with E-state index in [-0.39, 0.29) is 0 Å². The molecule has 0 unspecified atom stereocenters. The van der Waals surface area contributed by atoms with Crippen LogP contribution in [0, 0.1) is 13.8 Å². The summed E-state index contributed by atoms with van der Waals surface area (Å²) in [7, 11) is 11.9. The molecule has 0 bridgehead atoms. The van der Waals surface area contributed by atoms with Gasteiger partial charge in [-0.1, -0.05) is 122 Å². The van der Waals surface area contributed by atoms with Gasteiger partial charge in [0.15, 0.2) is 0 Å². The van der Waals surface area contributed by atoms with Crippen molar-refractivity contribution in [3.05, 3.63) is 187 Å². The molecule has 9 aromatic rings. The van der Waals surface area contributed by atoms with Crippen molar-refractivity contribution in [3.8, 4) is 22.3 Å². The van der Waals surface area contributed by atoms with Crippen LogP contribution in [0.1, 0.15) is 11.1 Å². The molecule has 0 amide bonds. The second-order valence-electron chi connectivity index (χ2n) is 13.0. The van der Waals surface area contributed by atoms with E-state index in [1.54, 1.807) is 0 Å². The summed E-state index contributed by atoms with van der Waals surface area (Å²) in [6.07, 6.45) is 0. The molecule has 0 spiro atoms. The molecule has 9 aromatic carbocycles. The van der Waals surface area contributed by atoms with E-state index in [1.807, 2.05) is 18.2 Å². The fourth-order valence-electron chi connectivity index (χ4n) is 6.96. The van der Waals surface area contributed by atoms with E-state index in [9.17, 15) is 0 Å². The Balaban J connectivity index is 0.000000125. The van der Waals surface area contributed by atoms with E-state index >= 15 is 0 Å². The Hall–Kier alpha value is -4.04. The van der Waals surface area contributed by atoms with Crippen LogP contribution < -0.4 is 5.19 Å². The maximum absolute atomic E-state index is 5.97. The Morgan fingerprint density at radius 3 is 1.25 bits per heavy atom. The zero-order valence-corrected chi connectivity index (χ0v) is 34.0. The van der Waals surface area contributed by atoms with Crippen molar-refractivity contribution in [1.29, 1.82) is 0 Å². The number of rotatable bonds is 3. The van der Waals surface area contributed by atoms with Crippen LogP contribution in [0.15, 0.2) is 176 Å². The van der Waals surface area contributed by atoms with Crippen molar-refractivity contribution in [1.82, 2.24) is 0 Å². The monoisotopic (exact) mass is 790 g/mol. The van der Waals surface area contributed by atoms with Gasteiger partial charge in [0.05, 0.1) is 0 Å². The van der Waals surface area contributed by atoms with E-state index < -0.39 is 23.4 Å². The number of hydrogen-bond acceptors (Lipinski definition) is 0. The molecule has 9 rings (SSSR count). The first-order valence-electron chi connectivity index (χ1n) is 17.2. The van der Waals surface area contributed by atoms with Crippen LogP contribution >= 0.6 is 17.0 Å². The molecule has 0 aliphatic rings. The van der Waals surface area contributed by atoms with E-state index in [1.165, 1.54) is 81.7 Å². The SMILES string of the molecule is C[Si](c1ccccc1)=[Zr]([Cl])[Cl].Cc1cc2c(-c3cccc4ccccc34)cccc2[cH-]1.Cc1cc2c(-c3cccc4ccccc34)cccc2[cH-]1. The number of aryl methyl sites for hydroxylation is 2. The first-order valence-corrected chi connectivity index (χ1v) is 29.2. The molecule has 0 atom stereocenters. The summed E-state index contributed by atoms with van der Waals surface area (Å²) in [4.78, 5) is 0. The van der Waals surface area contributed by atoms with Crippen LogP contribution in [0.3, 0.4) is 0 Å². The molecule has 0 aromatic heterocycles. The molecular weight excluding hydrogens is 755 g/mol. The van der Waals surface area contributed by atoms with Crippen LogP contribution in [0.5, 0.6) is 0 Å². The average Bonchev–Trinajstić information content (AvgIpc) is 3.75. The molecule has 0 saturated carbocycles. The number of benzene rings is 7. The van der Waals surface area contributed by atoms with E-state index in [4.69, 9.17) is 17.0 Å². The summed E-state index contributed by atoms with van der Waals surface area (Å²) in [5.74, 6) is 0. The summed E-state index contributed by atoms with van der Waals surface area (Å²) >= 11 is -1.95. The minimum Gasteiger partial charge on any atom is -0.165 e. The van der Waals surface area contributed by atoms with Crippen LogP contribution in [-0.2, 0) is 18.0 Å². The molecule has 250 valence electrons. The largest absolute Gasteiger partial charge is 0.165 e. The van der Waals surface area contributed by atoms with Gasteiger partial charge in [-0.05, 0) is 32.7 Å². The first kappa shape index (κ1) is 35.4. The average molecular weight is 793 g/mol. The third kappa shape index (κ3) is 7.91. The zero-order chi connectivity index (χ0) is 35.3. The maximum Gasteiger partial charge on any atom is -0.0114 e. The van der Waals surface area contributed by atoms with Crippen LogP contribution in [0.2, 0.25) is 6.55 Å². The van der Waals surface area contributed by atoms with Crippen molar-refractivity contribution in [2.75, 3.05) is 0 Å². The topological polar surface area (TPSA) is 0 Å². The predicted molar refractivity (Wildman–Crippen MR) is 224 cm³/mol. The standard InChI is InChI=1S/2C20H15.C7H8Si.2ClH.Zr/c2*1-14-12-16-8-5-11-19(20(16)13-14)18-10-4-7-15-6-2-3-9-17(15)18;1-8-7-5-3-2-4-6-7;;;/h2*2-13H,1H3;2-6H,1H3;2*1H;/q2*-1;;;;+2/p-2. The summed E-state index contributed by atoms with van der Waals surface area (Å²) in [5.41, 5.74) is 7.39. The minimum absolute atomic E-state index is 0.557. The summed E-state index contributed by atoms with van der Waals surface area (Å²) in [6, 6.07) is 62.8. The summed E-state index contributed by atoms with van der Waals surface area (Å²) in [5, 5.41) is 12.0. The zero-order valence-electron chi connectivity index (χ0n) is 29.0. The molecule has 51 heavy (non-hydrogen) atoms. The van der Waals surface area contributed by atoms with Crippen molar-refractivity contribution < 1.29 is 18.0 Å². The van der Waals surface area contributed by atoms with Gasteiger partial charge in [-0.2, -0.15) is 12.1 Å². The number of hydrogen-bond donors (Lipinski definition) is 0. The third-order valence-corrected chi connectivity index (χ3v) is 27.6. The molecule has 0 aliphatic carbocycles. The quantitative estimate of drug-likeness (QED) is 0.123. The van der Waals surface area contributed by atoms with Gasteiger partial charge in [0, 0.05) is 0 Å². The molecular formula is C47H38Cl2SiZr-2. The van der Waals surface area contributed by atoms with Gasteiger partial charge in [0.2, 0.25) is 0 Å². The first-order chi connectivity index (χ1) is 24.9. The van der Waals surface area contributed by atoms with Gasteiger partial charge < -0.3 is 0 Å².